The maximum absolute atomic E-state index is 9.32. The van der Waals surface area contributed by atoms with Crippen molar-refractivity contribution < 1.29 is 5.11 Å². The van der Waals surface area contributed by atoms with Gasteiger partial charge in [-0.3, -0.25) is 0 Å². The smallest absolute Gasteiger partial charge is 0.0761 e. The van der Waals surface area contributed by atoms with Crippen LogP contribution < -0.4 is 0 Å². The quantitative estimate of drug-likeness (QED) is 0.734. The average molecular weight is 176 g/mol. The van der Waals surface area contributed by atoms with Gasteiger partial charge in [-0.25, -0.2) is 0 Å². The van der Waals surface area contributed by atoms with Crippen molar-refractivity contribution in [1.29, 1.82) is 0 Å². The number of benzene rings is 1. The maximum atomic E-state index is 9.32. The summed E-state index contributed by atoms with van der Waals surface area (Å²) in [6.07, 6.45) is 3.72. The molecule has 70 valence electrons. The molecule has 1 aromatic carbocycles. The van der Waals surface area contributed by atoms with Gasteiger partial charge in [-0.05, 0) is 36.8 Å². The van der Waals surface area contributed by atoms with E-state index in [0.717, 1.165) is 11.5 Å². The molecule has 1 aliphatic carbocycles. The van der Waals surface area contributed by atoms with E-state index in [9.17, 15) is 5.11 Å². The molecule has 1 heteroatoms. The third kappa shape index (κ3) is 1.75. The molecule has 0 aromatic heterocycles. The van der Waals surface area contributed by atoms with Crippen LogP contribution in [0.15, 0.2) is 24.3 Å². The van der Waals surface area contributed by atoms with Gasteiger partial charge in [0, 0.05) is 0 Å². The first-order valence-corrected chi connectivity index (χ1v) is 5.05. The Morgan fingerprint density at radius 3 is 2.23 bits per heavy atom. The van der Waals surface area contributed by atoms with Gasteiger partial charge in [0.25, 0.3) is 0 Å². The summed E-state index contributed by atoms with van der Waals surface area (Å²) in [5.74, 6) is 0.794. The number of aliphatic hydroxyl groups is 1. The summed E-state index contributed by atoms with van der Waals surface area (Å²) in [6.45, 7) is 1.80. The van der Waals surface area contributed by atoms with Crippen molar-refractivity contribution in [1.82, 2.24) is 0 Å². The zero-order valence-electron chi connectivity index (χ0n) is 8.03. The summed E-state index contributed by atoms with van der Waals surface area (Å²) >= 11 is 0. The Morgan fingerprint density at radius 1 is 1.23 bits per heavy atom. The molecule has 0 spiro atoms. The molecule has 2 rings (SSSR count). The Balaban J connectivity index is 2.13. The van der Waals surface area contributed by atoms with Crippen LogP contribution >= 0.6 is 0 Å². The number of hydrogen-bond donors (Lipinski definition) is 1. The first kappa shape index (κ1) is 8.76. The first-order chi connectivity index (χ1) is 6.27. The molecule has 1 saturated carbocycles. The SMILES string of the molecule is CC(O)c1ccc(C2CCC2)cc1. The Morgan fingerprint density at radius 2 is 1.85 bits per heavy atom. The van der Waals surface area contributed by atoms with Gasteiger partial charge in [-0.2, -0.15) is 0 Å². The van der Waals surface area contributed by atoms with Crippen LogP contribution in [0.2, 0.25) is 0 Å². The normalized spacial score (nSPS) is 19.5. The molecule has 1 atom stereocenters. The highest BCUT2D eigenvalue weighted by atomic mass is 16.3. The highest BCUT2D eigenvalue weighted by Crippen LogP contribution is 2.36. The van der Waals surface area contributed by atoms with E-state index in [1.807, 2.05) is 12.1 Å². The molecule has 0 amide bonds. The number of hydrogen-bond acceptors (Lipinski definition) is 1. The summed E-state index contributed by atoms with van der Waals surface area (Å²) in [5, 5.41) is 9.32. The molecule has 0 bridgehead atoms. The van der Waals surface area contributed by atoms with Crippen molar-refractivity contribution in [3.8, 4) is 0 Å². The minimum atomic E-state index is -0.338. The van der Waals surface area contributed by atoms with Crippen molar-refractivity contribution in [2.45, 2.75) is 38.2 Å². The van der Waals surface area contributed by atoms with Crippen LogP contribution in [0.25, 0.3) is 0 Å². The summed E-state index contributed by atoms with van der Waals surface area (Å²) in [7, 11) is 0. The van der Waals surface area contributed by atoms with Crippen LogP contribution in [-0.2, 0) is 0 Å². The van der Waals surface area contributed by atoms with Gasteiger partial charge in [0.1, 0.15) is 0 Å². The average Bonchev–Trinajstić information content (AvgIpc) is 2.02. The maximum Gasteiger partial charge on any atom is 0.0761 e. The van der Waals surface area contributed by atoms with Crippen molar-refractivity contribution in [2.24, 2.45) is 0 Å². The van der Waals surface area contributed by atoms with E-state index >= 15 is 0 Å². The van der Waals surface area contributed by atoms with Crippen LogP contribution in [0, 0.1) is 0 Å². The summed E-state index contributed by atoms with van der Waals surface area (Å²) in [6, 6.07) is 8.40. The molecule has 1 N–H and O–H groups in total. The second kappa shape index (κ2) is 3.51. The monoisotopic (exact) mass is 176 g/mol. The fourth-order valence-corrected chi connectivity index (χ4v) is 1.79. The standard InChI is InChI=1S/C12H16O/c1-9(13)10-5-7-12(8-6-10)11-3-2-4-11/h5-9,11,13H,2-4H2,1H3. The third-order valence-corrected chi connectivity index (χ3v) is 3.00. The zero-order chi connectivity index (χ0) is 9.26. The summed E-state index contributed by atoms with van der Waals surface area (Å²) in [4.78, 5) is 0. The zero-order valence-corrected chi connectivity index (χ0v) is 8.03. The first-order valence-electron chi connectivity index (χ1n) is 5.05. The minimum Gasteiger partial charge on any atom is -0.389 e. The minimum absolute atomic E-state index is 0.338. The Hall–Kier alpha value is -0.820. The van der Waals surface area contributed by atoms with Gasteiger partial charge < -0.3 is 5.11 Å². The van der Waals surface area contributed by atoms with E-state index in [4.69, 9.17) is 0 Å². The molecule has 1 unspecified atom stereocenters. The molecule has 1 fully saturated rings. The molecule has 0 aliphatic heterocycles. The molecule has 1 aliphatic rings. The lowest BCUT2D eigenvalue weighted by molar-refractivity contribution is 0.199. The topological polar surface area (TPSA) is 20.2 Å². The van der Waals surface area contributed by atoms with Crippen LogP contribution in [0.4, 0.5) is 0 Å². The van der Waals surface area contributed by atoms with Gasteiger partial charge in [0.05, 0.1) is 6.10 Å². The van der Waals surface area contributed by atoms with Gasteiger partial charge >= 0.3 is 0 Å². The Labute approximate surface area is 79.4 Å². The largest absolute Gasteiger partial charge is 0.389 e. The second-order valence-electron chi connectivity index (χ2n) is 3.97. The summed E-state index contributed by atoms with van der Waals surface area (Å²) < 4.78 is 0. The van der Waals surface area contributed by atoms with Crippen molar-refractivity contribution >= 4 is 0 Å². The van der Waals surface area contributed by atoms with Crippen LogP contribution in [-0.4, -0.2) is 5.11 Å². The van der Waals surface area contributed by atoms with Crippen LogP contribution in [0.1, 0.15) is 49.3 Å². The lowest BCUT2D eigenvalue weighted by Gasteiger charge is -2.25. The Kier molecular flexibility index (Phi) is 2.36. The lowest BCUT2D eigenvalue weighted by atomic mass is 9.80. The van der Waals surface area contributed by atoms with Crippen molar-refractivity contribution in [2.75, 3.05) is 0 Å². The molecular weight excluding hydrogens is 160 g/mol. The molecule has 1 nitrogen and oxygen atoms in total. The Bertz CT molecular complexity index is 270. The second-order valence-corrected chi connectivity index (χ2v) is 3.97. The van der Waals surface area contributed by atoms with E-state index in [-0.39, 0.29) is 6.10 Å². The predicted molar refractivity (Wildman–Crippen MR) is 53.7 cm³/mol. The summed E-state index contributed by atoms with van der Waals surface area (Å²) in [5.41, 5.74) is 2.46. The highest BCUT2D eigenvalue weighted by molar-refractivity contribution is 5.27. The molecule has 0 radical (unpaired) electrons. The van der Waals surface area contributed by atoms with E-state index in [2.05, 4.69) is 12.1 Å². The van der Waals surface area contributed by atoms with Crippen molar-refractivity contribution in [3.05, 3.63) is 35.4 Å². The fraction of sp³-hybridized carbons (Fsp3) is 0.500. The van der Waals surface area contributed by atoms with E-state index < -0.39 is 0 Å². The molecule has 0 heterocycles. The molecular formula is C12H16O. The number of aliphatic hydroxyl groups excluding tert-OH is 1. The van der Waals surface area contributed by atoms with Gasteiger partial charge in [-0.15, -0.1) is 0 Å². The van der Waals surface area contributed by atoms with E-state index in [1.54, 1.807) is 6.92 Å². The fourth-order valence-electron chi connectivity index (χ4n) is 1.79. The molecule has 0 saturated heterocycles. The van der Waals surface area contributed by atoms with Gasteiger partial charge in [0.15, 0.2) is 0 Å². The van der Waals surface area contributed by atoms with Crippen molar-refractivity contribution in [3.63, 3.8) is 0 Å². The lowest BCUT2D eigenvalue weighted by Crippen LogP contribution is -2.08. The van der Waals surface area contributed by atoms with E-state index in [1.165, 1.54) is 24.8 Å². The van der Waals surface area contributed by atoms with Crippen LogP contribution in [0.5, 0.6) is 0 Å². The predicted octanol–water partition coefficient (Wildman–Crippen LogP) is 3.01. The third-order valence-electron chi connectivity index (χ3n) is 3.00. The van der Waals surface area contributed by atoms with Gasteiger partial charge in [-0.1, -0.05) is 30.7 Å². The van der Waals surface area contributed by atoms with E-state index in [0.29, 0.717) is 0 Å². The molecule has 1 aromatic rings. The number of rotatable bonds is 2. The van der Waals surface area contributed by atoms with Gasteiger partial charge in [0.2, 0.25) is 0 Å². The van der Waals surface area contributed by atoms with Crippen LogP contribution in [0.3, 0.4) is 0 Å². The highest BCUT2D eigenvalue weighted by Gasteiger charge is 2.18. The molecule has 13 heavy (non-hydrogen) atoms.